The Balaban J connectivity index is 2.30. The largest absolute Gasteiger partial charge is 0.419 e. The molecule has 1 aromatic carbocycles. The molecule has 0 bridgehead atoms. The zero-order chi connectivity index (χ0) is 15.8. The summed E-state index contributed by atoms with van der Waals surface area (Å²) < 4.78 is 51.8. The lowest BCUT2D eigenvalue weighted by Gasteiger charge is -2.30. The van der Waals surface area contributed by atoms with Crippen molar-refractivity contribution in [3.8, 4) is 0 Å². The molecule has 3 nitrogen and oxygen atoms in total. The minimum atomic E-state index is -4.86. The van der Waals surface area contributed by atoms with Crippen LogP contribution in [-0.2, 0) is 11.0 Å². The number of Topliss-reactive ketones (excluding diaryl/α,β-unsaturated/α-hetero) is 1. The highest BCUT2D eigenvalue weighted by molar-refractivity contribution is 5.96. The minimum Gasteiger partial charge on any atom is -0.337 e. The lowest BCUT2D eigenvalue weighted by Crippen LogP contribution is -2.43. The average Bonchev–Trinajstić information content (AvgIpc) is 2.40. The Morgan fingerprint density at radius 2 is 2.00 bits per heavy atom. The standard InChI is InChI=1S/C14H13F4NO2/c1-8-7-19(6-5-11(8)20)13(21)9-3-2-4-10(12(9)15)14(16,17)18/h2-4,8H,5-7H2,1H3. The Kier molecular flexibility index (Phi) is 4.02. The van der Waals surface area contributed by atoms with E-state index in [1.54, 1.807) is 6.92 Å². The maximum Gasteiger partial charge on any atom is 0.419 e. The van der Waals surface area contributed by atoms with Crippen LogP contribution in [0.4, 0.5) is 17.6 Å². The van der Waals surface area contributed by atoms with Gasteiger partial charge in [0.1, 0.15) is 11.6 Å². The molecule has 1 atom stereocenters. The van der Waals surface area contributed by atoms with E-state index in [-0.39, 0.29) is 25.3 Å². The van der Waals surface area contributed by atoms with Crippen LogP contribution in [0.1, 0.15) is 29.3 Å². The number of alkyl halides is 3. The first-order valence-electron chi connectivity index (χ1n) is 6.39. The van der Waals surface area contributed by atoms with E-state index in [9.17, 15) is 27.2 Å². The summed E-state index contributed by atoms with van der Waals surface area (Å²) in [7, 11) is 0. The van der Waals surface area contributed by atoms with Gasteiger partial charge in [-0.15, -0.1) is 0 Å². The smallest absolute Gasteiger partial charge is 0.337 e. The molecular formula is C14H13F4NO2. The van der Waals surface area contributed by atoms with E-state index in [1.165, 1.54) is 4.90 Å². The van der Waals surface area contributed by atoms with Gasteiger partial charge in [0.25, 0.3) is 5.91 Å². The van der Waals surface area contributed by atoms with Gasteiger partial charge in [-0.1, -0.05) is 13.0 Å². The molecule has 0 spiro atoms. The summed E-state index contributed by atoms with van der Waals surface area (Å²) in [5.41, 5.74) is -2.08. The Bertz CT molecular complexity index is 583. The lowest BCUT2D eigenvalue weighted by atomic mass is 9.97. The molecule has 1 aliphatic heterocycles. The number of piperidine rings is 1. The maximum absolute atomic E-state index is 13.9. The van der Waals surface area contributed by atoms with E-state index in [0.717, 1.165) is 12.1 Å². The molecule has 1 aromatic rings. The van der Waals surface area contributed by atoms with Gasteiger partial charge in [0.2, 0.25) is 0 Å². The Morgan fingerprint density at radius 3 is 2.57 bits per heavy atom. The van der Waals surface area contributed by atoms with Gasteiger partial charge in [0, 0.05) is 25.4 Å². The van der Waals surface area contributed by atoms with Crippen molar-refractivity contribution in [2.45, 2.75) is 19.5 Å². The summed E-state index contributed by atoms with van der Waals surface area (Å²) in [5, 5.41) is 0. The van der Waals surface area contributed by atoms with Gasteiger partial charge < -0.3 is 4.90 Å². The van der Waals surface area contributed by atoms with Crippen LogP contribution in [0.2, 0.25) is 0 Å². The maximum atomic E-state index is 13.9. The summed E-state index contributed by atoms with van der Waals surface area (Å²) in [4.78, 5) is 24.8. The van der Waals surface area contributed by atoms with Crippen molar-refractivity contribution in [3.05, 3.63) is 35.1 Å². The fourth-order valence-corrected chi connectivity index (χ4v) is 2.29. The monoisotopic (exact) mass is 303 g/mol. The Morgan fingerprint density at radius 1 is 1.33 bits per heavy atom. The van der Waals surface area contributed by atoms with Crippen molar-refractivity contribution in [1.29, 1.82) is 0 Å². The molecule has 0 aromatic heterocycles. The molecule has 7 heteroatoms. The second-order valence-corrected chi connectivity index (χ2v) is 5.03. The van der Waals surface area contributed by atoms with Gasteiger partial charge in [-0.2, -0.15) is 13.2 Å². The fourth-order valence-electron chi connectivity index (χ4n) is 2.29. The van der Waals surface area contributed by atoms with Gasteiger partial charge in [-0.05, 0) is 12.1 Å². The lowest BCUT2D eigenvalue weighted by molar-refractivity contribution is -0.140. The number of carbonyl (C=O) groups excluding carboxylic acids is 2. The molecule has 0 radical (unpaired) electrons. The van der Waals surface area contributed by atoms with Crippen LogP contribution in [0.5, 0.6) is 0 Å². The SMILES string of the molecule is CC1CN(C(=O)c2cccc(C(F)(F)F)c2F)CCC1=O. The number of halogens is 4. The Labute approximate surface area is 118 Å². The molecule has 1 heterocycles. The van der Waals surface area contributed by atoms with Crippen molar-refractivity contribution in [1.82, 2.24) is 4.90 Å². The van der Waals surface area contributed by atoms with E-state index in [1.807, 2.05) is 0 Å². The summed E-state index contributed by atoms with van der Waals surface area (Å²) in [6, 6.07) is 2.61. The number of nitrogens with zero attached hydrogens (tertiary/aromatic N) is 1. The van der Waals surface area contributed by atoms with Gasteiger partial charge >= 0.3 is 6.18 Å². The van der Waals surface area contributed by atoms with E-state index in [0.29, 0.717) is 6.07 Å². The number of rotatable bonds is 1. The summed E-state index contributed by atoms with van der Waals surface area (Å²) in [5.74, 6) is -2.79. The van der Waals surface area contributed by atoms with Crippen LogP contribution in [0.25, 0.3) is 0 Å². The van der Waals surface area contributed by atoms with E-state index in [4.69, 9.17) is 0 Å². The van der Waals surface area contributed by atoms with Crippen LogP contribution in [0.3, 0.4) is 0 Å². The molecule has 1 saturated heterocycles. The highest BCUT2D eigenvalue weighted by Gasteiger charge is 2.37. The number of carbonyl (C=O) groups is 2. The number of benzene rings is 1. The summed E-state index contributed by atoms with van der Waals surface area (Å²) in [6.07, 6.45) is -4.72. The first kappa shape index (κ1) is 15.5. The summed E-state index contributed by atoms with van der Waals surface area (Å²) >= 11 is 0. The zero-order valence-corrected chi connectivity index (χ0v) is 11.2. The quantitative estimate of drug-likeness (QED) is 0.748. The van der Waals surface area contributed by atoms with Crippen LogP contribution in [0, 0.1) is 11.7 Å². The predicted molar refractivity (Wildman–Crippen MR) is 66.1 cm³/mol. The van der Waals surface area contributed by atoms with Crippen LogP contribution < -0.4 is 0 Å². The van der Waals surface area contributed by atoms with Crippen molar-refractivity contribution in [3.63, 3.8) is 0 Å². The summed E-state index contributed by atoms with van der Waals surface area (Å²) in [6.45, 7) is 1.81. The van der Waals surface area contributed by atoms with Crippen molar-refractivity contribution >= 4 is 11.7 Å². The third kappa shape index (κ3) is 3.06. The average molecular weight is 303 g/mol. The molecule has 21 heavy (non-hydrogen) atoms. The van der Waals surface area contributed by atoms with Crippen LogP contribution in [-0.4, -0.2) is 29.7 Å². The molecule has 0 N–H and O–H groups in total. The van der Waals surface area contributed by atoms with Crippen molar-refractivity contribution < 1.29 is 27.2 Å². The third-order valence-electron chi connectivity index (χ3n) is 3.49. The molecule has 2 rings (SSSR count). The fraction of sp³-hybridized carbons (Fsp3) is 0.429. The van der Waals surface area contributed by atoms with Gasteiger partial charge in [0.05, 0.1) is 11.1 Å². The highest BCUT2D eigenvalue weighted by Crippen LogP contribution is 2.32. The third-order valence-corrected chi connectivity index (χ3v) is 3.49. The molecule has 114 valence electrons. The molecule has 1 amide bonds. The number of hydrogen-bond donors (Lipinski definition) is 0. The first-order chi connectivity index (χ1) is 9.71. The van der Waals surface area contributed by atoms with Crippen molar-refractivity contribution in [2.24, 2.45) is 5.92 Å². The van der Waals surface area contributed by atoms with Crippen LogP contribution >= 0.6 is 0 Å². The Hall–Kier alpha value is -1.92. The van der Waals surface area contributed by atoms with E-state index < -0.39 is 34.9 Å². The molecule has 0 saturated carbocycles. The normalized spacial score (nSPS) is 19.8. The van der Waals surface area contributed by atoms with Crippen molar-refractivity contribution in [2.75, 3.05) is 13.1 Å². The molecule has 1 aliphatic rings. The van der Waals surface area contributed by atoms with Gasteiger partial charge in [0.15, 0.2) is 0 Å². The van der Waals surface area contributed by atoms with Gasteiger partial charge in [-0.3, -0.25) is 9.59 Å². The molecule has 1 fully saturated rings. The van der Waals surface area contributed by atoms with Gasteiger partial charge in [-0.25, -0.2) is 4.39 Å². The highest BCUT2D eigenvalue weighted by atomic mass is 19.4. The number of ketones is 1. The number of likely N-dealkylation sites (tertiary alicyclic amines) is 1. The minimum absolute atomic E-state index is 0.0106. The molecule has 1 unspecified atom stereocenters. The number of amides is 1. The predicted octanol–water partition coefficient (Wildman–Crippen LogP) is 2.90. The van der Waals surface area contributed by atoms with Crippen LogP contribution in [0.15, 0.2) is 18.2 Å². The number of hydrogen-bond acceptors (Lipinski definition) is 2. The second-order valence-electron chi connectivity index (χ2n) is 5.03. The first-order valence-corrected chi connectivity index (χ1v) is 6.39. The topological polar surface area (TPSA) is 37.4 Å². The van der Waals surface area contributed by atoms with E-state index in [2.05, 4.69) is 0 Å². The van der Waals surface area contributed by atoms with E-state index >= 15 is 0 Å². The molecular weight excluding hydrogens is 290 g/mol. The second kappa shape index (κ2) is 5.46. The zero-order valence-electron chi connectivity index (χ0n) is 11.2. The molecule has 0 aliphatic carbocycles.